The molecule has 0 bridgehead atoms. The van der Waals surface area contributed by atoms with Gasteiger partial charge in [-0.25, -0.2) is 0 Å². The van der Waals surface area contributed by atoms with E-state index in [9.17, 15) is 0 Å². The minimum absolute atomic E-state index is 0.0194. The molecule has 3 heterocycles. The third kappa shape index (κ3) is 8.15. The summed E-state index contributed by atoms with van der Waals surface area (Å²) in [6.07, 6.45) is 0. The van der Waals surface area contributed by atoms with Gasteiger partial charge in [0.15, 0.2) is 0 Å². The van der Waals surface area contributed by atoms with Crippen LogP contribution in [0.25, 0.3) is 31.3 Å². The Morgan fingerprint density at radius 2 is 1.01 bits per heavy atom. The summed E-state index contributed by atoms with van der Waals surface area (Å²) in [5.74, 6) is 1.86. The quantitative estimate of drug-likeness (QED) is 0.160. The minimum atomic E-state index is -0.130. The van der Waals surface area contributed by atoms with Crippen molar-refractivity contribution in [2.24, 2.45) is 0 Å². The van der Waals surface area contributed by atoms with Crippen LogP contribution in [0, 0.1) is 13.8 Å². The van der Waals surface area contributed by atoms with Crippen LogP contribution in [0.4, 0.5) is 34.1 Å². The van der Waals surface area contributed by atoms with Crippen molar-refractivity contribution in [3.63, 3.8) is 0 Å². The molecule has 0 radical (unpaired) electrons. The normalized spacial score (nSPS) is 13.5. The third-order valence-corrected chi connectivity index (χ3v) is 16.2. The largest absolute Gasteiger partial charge is 0.458 e. The molecule has 2 aliphatic rings. The maximum Gasteiger partial charge on any atom is 0.256 e. The van der Waals surface area contributed by atoms with Gasteiger partial charge in [0.25, 0.3) is 6.71 Å². The van der Waals surface area contributed by atoms with E-state index in [4.69, 9.17) is 4.74 Å². The second kappa shape index (κ2) is 16.5. The van der Waals surface area contributed by atoms with Crippen molar-refractivity contribution in [3.8, 4) is 22.6 Å². The van der Waals surface area contributed by atoms with Crippen LogP contribution < -0.4 is 30.9 Å². The van der Waals surface area contributed by atoms with Crippen molar-refractivity contribution in [1.29, 1.82) is 0 Å². The Morgan fingerprint density at radius 3 is 1.58 bits per heavy atom. The number of hydrogen-bond acceptors (Lipinski definition) is 4. The van der Waals surface area contributed by atoms with E-state index in [1.807, 2.05) is 11.3 Å². The van der Waals surface area contributed by atoms with Gasteiger partial charge in [-0.05, 0) is 152 Å². The van der Waals surface area contributed by atoms with Crippen LogP contribution in [-0.4, -0.2) is 6.71 Å². The lowest BCUT2D eigenvalue weighted by Gasteiger charge is -2.41. The molecule has 3 nitrogen and oxygen atoms in total. The number of anilines is 6. The van der Waals surface area contributed by atoms with Gasteiger partial charge in [0, 0.05) is 43.9 Å². The zero-order chi connectivity index (χ0) is 50.1. The highest BCUT2D eigenvalue weighted by atomic mass is 32.1. The van der Waals surface area contributed by atoms with Crippen LogP contribution in [0.15, 0.2) is 152 Å². The molecule has 0 N–H and O–H groups in total. The second-order valence-electron chi connectivity index (χ2n) is 24.5. The molecule has 0 amide bonds. The fourth-order valence-corrected chi connectivity index (χ4v) is 12.3. The highest BCUT2D eigenvalue weighted by molar-refractivity contribution is 7.26. The highest BCUT2D eigenvalue weighted by Gasteiger charge is 2.44. The van der Waals surface area contributed by atoms with Crippen LogP contribution in [-0.2, 0) is 21.7 Å². The Balaban J connectivity index is 1.25. The van der Waals surface area contributed by atoms with Crippen molar-refractivity contribution < 1.29 is 4.74 Å². The van der Waals surface area contributed by atoms with Crippen LogP contribution >= 0.6 is 11.3 Å². The lowest BCUT2D eigenvalue weighted by atomic mass is 9.33. The monoisotopic (exact) mass is 947 g/mol. The molecule has 0 fully saturated rings. The molecule has 8 aromatic carbocycles. The van der Waals surface area contributed by atoms with Gasteiger partial charge in [-0.2, -0.15) is 0 Å². The molecule has 11 rings (SSSR count). The zero-order valence-electron chi connectivity index (χ0n) is 44.2. The van der Waals surface area contributed by atoms with Crippen molar-refractivity contribution >= 4 is 88.7 Å². The smallest absolute Gasteiger partial charge is 0.256 e. The van der Waals surface area contributed by atoms with E-state index in [-0.39, 0.29) is 28.4 Å². The number of nitrogens with zero attached hydrogens (tertiary/aromatic N) is 2. The van der Waals surface area contributed by atoms with Crippen molar-refractivity contribution in [3.05, 3.63) is 185 Å². The SMILES string of the molecule is Cc1cc(C)cc(-c2cc3c4c(c2)N(c2ccc(C(C)(C)C)cc2)c2ccc(C(C)(C)C)cc2B4c2cc(N(c4ccc(C(C)(C)C)cc4)c4ccc(C(C)(C)C)cc4)c4sc5ccccc5c4c2O3)c1. The molecule has 0 saturated heterocycles. The summed E-state index contributed by atoms with van der Waals surface area (Å²) in [6.45, 7) is 31.9. The summed E-state index contributed by atoms with van der Waals surface area (Å²) < 4.78 is 10.2. The van der Waals surface area contributed by atoms with Gasteiger partial charge in [0.1, 0.15) is 11.5 Å². The van der Waals surface area contributed by atoms with Crippen LogP contribution in [0.3, 0.4) is 0 Å². The summed E-state index contributed by atoms with van der Waals surface area (Å²) in [5, 5.41) is 2.38. The molecule has 0 saturated carbocycles. The molecule has 0 spiro atoms. The molecular weight excluding hydrogens is 880 g/mol. The van der Waals surface area contributed by atoms with Gasteiger partial charge in [-0.3, -0.25) is 0 Å². The lowest BCUT2D eigenvalue weighted by molar-refractivity contribution is 0.494. The molecular formula is C66H67BN2OS. The lowest BCUT2D eigenvalue weighted by Crippen LogP contribution is -2.59. The molecule has 0 aliphatic carbocycles. The Bertz CT molecular complexity index is 3480. The standard InChI is InChI=1S/C66H67BN2OS/c1-40-33-41(2)35-42(34-40)43-36-55-60-57(37-43)70-61-53(67(60)52-38-47(66(12,13)14)25-32-54(52)69(55)50-30-23-46(24-31-50)65(9,10)11)39-56(62-59(61)51-17-15-16-18-58(51)71-62)68(48-26-19-44(20-27-48)63(3,4)5)49-28-21-45(22-29-49)64(6,7)8/h15-39H,1-14H3. The van der Waals surface area contributed by atoms with Crippen molar-refractivity contribution in [1.82, 2.24) is 0 Å². The van der Waals surface area contributed by atoms with Crippen LogP contribution in [0.1, 0.15) is 116 Å². The first-order valence-corrected chi connectivity index (χ1v) is 26.3. The number of benzene rings is 8. The van der Waals surface area contributed by atoms with E-state index in [1.165, 1.54) is 81.2 Å². The van der Waals surface area contributed by atoms with Gasteiger partial charge in [-0.1, -0.05) is 179 Å². The summed E-state index contributed by atoms with van der Waals surface area (Å²) in [4.78, 5) is 5.03. The van der Waals surface area contributed by atoms with E-state index in [1.54, 1.807) is 0 Å². The van der Waals surface area contributed by atoms with E-state index < -0.39 is 0 Å². The minimum Gasteiger partial charge on any atom is -0.458 e. The van der Waals surface area contributed by atoms with Gasteiger partial charge in [-0.15, -0.1) is 11.3 Å². The number of hydrogen-bond donors (Lipinski definition) is 0. The number of aryl methyl sites for hydroxylation is 2. The average Bonchev–Trinajstić information content (AvgIpc) is 3.71. The van der Waals surface area contributed by atoms with Gasteiger partial charge >= 0.3 is 0 Å². The summed E-state index contributed by atoms with van der Waals surface area (Å²) in [6, 6.07) is 58.2. The fourth-order valence-electron chi connectivity index (χ4n) is 11.1. The van der Waals surface area contributed by atoms with Gasteiger partial charge in [0.2, 0.25) is 0 Å². The molecule has 356 valence electrons. The molecule has 1 aromatic heterocycles. The van der Waals surface area contributed by atoms with E-state index in [0.29, 0.717) is 0 Å². The second-order valence-corrected chi connectivity index (χ2v) is 25.6. The maximum absolute atomic E-state index is 7.70. The number of thiophene rings is 1. The van der Waals surface area contributed by atoms with E-state index in [0.717, 1.165) is 45.5 Å². The average molecular weight is 947 g/mol. The fraction of sp³-hybridized carbons (Fsp3) is 0.273. The van der Waals surface area contributed by atoms with E-state index >= 15 is 0 Å². The topological polar surface area (TPSA) is 15.7 Å². The molecule has 0 atom stereocenters. The summed E-state index contributed by atoms with van der Waals surface area (Å²) in [5.41, 5.74) is 20.6. The first-order chi connectivity index (χ1) is 33.5. The molecule has 2 aliphatic heterocycles. The Hall–Kier alpha value is -6.56. The Kier molecular flexibility index (Phi) is 10.9. The summed E-state index contributed by atoms with van der Waals surface area (Å²) >= 11 is 1.87. The van der Waals surface area contributed by atoms with Crippen molar-refractivity contribution in [2.45, 2.75) is 119 Å². The zero-order valence-corrected chi connectivity index (χ0v) is 45.0. The highest BCUT2D eigenvalue weighted by Crippen LogP contribution is 2.52. The van der Waals surface area contributed by atoms with Crippen LogP contribution in [0.5, 0.6) is 11.5 Å². The van der Waals surface area contributed by atoms with E-state index in [2.05, 4.69) is 258 Å². The first kappa shape index (κ1) is 46.8. The van der Waals surface area contributed by atoms with Crippen LogP contribution in [0.2, 0.25) is 0 Å². The van der Waals surface area contributed by atoms with Crippen molar-refractivity contribution in [2.75, 3.05) is 9.80 Å². The predicted molar refractivity (Wildman–Crippen MR) is 310 cm³/mol. The Morgan fingerprint density at radius 1 is 0.493 bits per heavy atom. The Labute approximate surface area is 427 Å². The number of rotatable bonds is 5. The number of ether oxygens (including phenoxy) is 1. The molecule has 5 heteroatoms. The summed E-state index contributed by atoms with van der Waals surface area (Å²) in [7, 11) is 0. The molecule has 0 unspecified atom stereocenters. The maximum atomic E-state index is 7.70. The third-order valence-electron chi connectivity index (χ3n) is 15.0. The number of fused-ring (bicyclic) bond motifs is 8. The predicted octanol–water partition coefficient (Wildman–Crippen LogP) is 17.4. The van der Waals surface area contributed by atoms with Gasteiger partial charge in [0.05, 0.1) is 10.4 Å². The first-order valence-electron chi connectivity index (χ1n) is 25.5. The molecule has 71 heavy (non-hydrogen) atoms. The van der Waals surface area contributed by atoms with Gasteiger partial charge < -0.3 is 14.5 Å². The molecule has 9 aromatic rings.